The predicted molar refractivity (Wildman–Crippen MR) is 213 cm³/mol. The maximum absolute atomic E-state index is 2.47. The third-order valence-electron chi connectivity index (χ3n) is 11.3. The summed E-state index contributed by atoms with van der Waals surface area (Å²) in [6.07, 6.45) is 0.982. The van der Waals surface area contributed by atoms with Crippen LogP contribution in [0.25, 0.3) is 72.0 Å². The first-order valence-corrected chi connectivity index (χ1v) is 17.9. The lowest BCUT2D eigenvalue weighted by Crippen LogP contribution is -1.99. The van der Waals surface area contributed by atoms with Gasteiger partial charge in [-0.15, -0.1) is 0 Å². The van der Waals surface area contributed by atoms with Gasteiger partial charge in [0.1, 0.15) is 0 Å². The van der Waals surface area contributed by atoms with Crippen molar-refractivity contribution in [2.75, 3.05) is 0 Å². The van der Waals surface area contributed by atoms with E-state index in [-0.39, 0.29) is 5.92 Å². The molecule has 11 rings (SSSR count). The Kier molecular flexibility index (Phi) is 6.15. The maximum Gasteiger partial charge on any atom is 0.0547 e. The number of benzene rings is 8. The Morgan fingerprint density at radius 1 is 0.373 bits per heavy atom. The van der Waals surface area contributed by atoms with Gasteiger partial charge in [0.05, 0.1) is 11.0 Å². The molecule has 2 aliphatic carbocycles. The first kappa shape index (κ1) is 28.4. The average Bonchev–Trinajstić information content (AvgIpc) is 3.85. The van der Waals surface area contributed by atoms with E-state index in [9.17, 15) is 0 Å². The van der Waals surface area contributed by atoms with Crippen molar-refractivity contribution in [1.29, 1.82) is 0 Å². The molecule has 0 saturated heterocycles. The molecule has 0 N–H and O–H groups in total. The third kappa shape index (κ3) is 4.35. The lowest BCUT2D eigenvalue weighted by atomic mass is 9.87. The fourth-order valence-corrected chi connectivity index (χ4v) is 8.97. The molecule has 1 aromatic heterocycles. The molecule has 0 radical (unpaired) electrons. The van der Waals surface area contributed by atoms with E-state index in [1.165, 1.54) is 99.8 Å². The van der Waals surface area contributed by atoms with Crippen molar-refractivity contribution < 1.29 is 0 Å². The first-order valence-electron chi connectivity index (χ1n) is 17.9. The largest absolute Gasteiger partial charge is 0.309 e. The Hall–Kier alpha value is -6.44. The van der Waals surface area contributed by atoms with Crippen molar-refractivity contribution >= 4 is 21.8 Å². The van der Waals surface area contributed by atoms with Crippen molar-refractivity contribution in [3.05, 3.63) is 210 Å². The van der Waals surface area contributed by atoms with E-state index in [0.29, 0.717) is 0 Å². The molecule has 51 heavy (non-hydrogen) atoms. The molecule has 1 heterocycles. The number of rotatable bonds is 4. The Morgan fingerprint density at radius 3 is 2.00 bits per heavy atom. The molecule has 1 heteroatoms. The zero-order valence-corrected chi connectivity index (χ0v) is 28.1. The minimum absolute atomic E-state index is 0.199. The monoisotopic (exact) mass is 647 g/mol. The second-order valence-electron chi connectivity index (χ2n) is 14.1. The first-order chi connectivity index (χ1) is 25.3. The number of hydrogen-bond donors (Lipinski definition) is 0. The predicted octanol–water partition coefficient (Wildman–Crippen LogP) is 12.8. The second kappa shape index (κ2) is 11.0. The van der Waals surface area contributed by atoms with Crippen LogP contribution in [0.5, 0.6) is 0 Å². The van der Waals surface area contributed by atoms with E-state index in [0.717, 1.165) is 6.42 Å². The molecule has 238 valence electrons. The van der Waals surface area contributed by atoms with Gasteiger partial charge in [0.15, 0.2) is 0 Å². The van der Waals surface area contributed by atoms with Gasteiger partial charge in [0.2, 0.25) is 0 Å². The quantitative estimate of drug-likeness (QED) is 0.179. The number of fused-ring (bicyclic) bond motifs is 9. The van der Waals surface area contributed by atoms with E-state index in [1.807, 2.05) is 0 Å². The van der Waals surface area contributed by atoms with Crippen molar-refractivity contribution in [2.45, 2.75) is 12.3 Å². The third-order valence-corrected chi connectivity index (χ3v) is 11.3. The Balaban J connectivity index is 1.04. The molecule has 0 bridgehead atoms. The molecule has 0 amide bonds. The zero-order valence-electron chi connectivity index (χ0n) is 28.1. The van der Waals surface area contributed by atoms with Crippen molar-refractivity contribution in [2.24, 2.45) is 0 Å². The summed E-state index contributed by atoms with van der Waals surface area (Å²) >= 11 is 0. The smallest absolute Gasteiger partial charge is 0.0547 e. The number of hydrogen-bond acceptors (Lipinski definition) is 0. The SMILES string of the molecule is c1ccc(-c2cccc(C3c4ccccc4-c4cc(-c5ccc6c7ccccc7n(-c7ccc8c(c7)Cc7ccccc7-8)c6c5)ccc43)c2)cc1. The van der Waals surface area contributed by atoms with Gasteiger partial charge in [-0.3, -0.25) is 0 Å². The van der Waals surface area contributed by atoms with Crippen LogP contribution in [0.4, 0.5) is 0 Å². The van der Waals surface area contributed by atoms with Crippen LogP contribution in [0.3, 0.4) is 0 Å². The van der Waals surface area contributed by atoms with Crippen LogP contribution < -0.4 is 0 Å². The molecule has 1 unspecified atom stereocenters. The van der Waals surface area contributed by atoms with Crippen LogP contribution in [-0.2, 0) is 6.42 Å². The van der Waals surface area contributed by atoms with Gasteiger partial charge in [-0.1, -0.05) is 152 Å². The molecule has 0 aliphatic heterocycles. The van der Waals surface area contributed by atoms with Gasteiger partial charge in [-0.25, -0.2) is 0 Å². The molecule has 0 spiro atoms. The van der Waals surface area contributed by atoms with E-state index in [1.54, 1.807) is 0 Å². The van der Waals surface area contributed by atoms with E-state index in [4.69, 9.17) is 0 Å². The molecule has 0 fully saturated rings. The number of nitrogens with zero attached hydrogens (tertiary/aromatic N) is 1. The summed E-state index contributed by atoms with van der Waals surface area (Å²) in [5.74, 6) is 0.199. The average molecular weight is 648 g/mol. The van der Waals surface area contributed by atoms with Crippen molar-refractivity contribution in [3.8, 4) is 50.2 Å². The minimum Gasteiger partial charge on any atom is -0.309 e. The lowest BCUT2D eigenvalue weighted by molar-refractivity contribution is 1.02. The molecule has 1 atom stereocenters. The summed E-state index contributed by atoms with van der Waals surface area (Å²) in [7, 11) is 0. The normalized spacial score (nSPS) is 14.0. The summed E-state index contributed by atoms with van der Waals surface area (Å²) in [4.78, 5) is 0. The highest BCUT2D eigenvalue weighted by atomic mass is 15.0. The standard InChI is InChI=1S/C50H33N/c1-2-11-32(12-3-1)33-14-10-15-37(27-33)50-45-19-7-6-17-42(45)47-30-34(22-25-46(47)50)35-21-24-44-43-18-8-9-20-48(43)51(49(44)31-35)39-23-26-41-38(29-39)28-36-13-4-5-16-40(36)41/h1-27,29-31,50H,28H2. The molecule has 8 aromatic carbocycles. The van der Waals surface area contributed by atoms with Crippen LogP contribution >= 0.6 is 0 Å². The van der Waals surface area contributed by atoms with Crippen LogP contribution in [0.1, 0.15) is 33.7 Å². The fourth-order valence-electron chi connectivity index (χ4n) is 8.97. The molecule has 0 saturated carbocycles. The van der Waals surface area contributed by atoms with Gasteiger partial charge >= 0.3 is 0 Å². The summed E-state index contributed by atoms with van der Waals surface area (Å²) < 4.78 is 2.47. The summed E-state index contributed by atoms with van der Waals surface area (Å²) in [6.45, 7) is 0. The summed E-state index contributed by atoms with van der Waals surface area (Å²) in [6, 6.07) is 67.7. The van der Waals surface area contributed by atoms with Crippen molar-refractivity contribution in [3.63, 3.8) is 0 Å². The van der Waals surface area contributed by atoms with E-state index < -0.39 is 0 Å². The van der Waals surface area contributed by atoms with Crippen LogP contribution in [-0.4, -0.2) is 4.57 Å². The van der Waals surface area contributed by atoms with Gasteiger partial charge < -0.3 is 4.57 Å². The van der Waals surface area contributed by atoms with Gasteiger partial charge in [-0.05, 0) is 109 Å². The van der Waals surface area contributed by atoms with Crippen LogP contribution in [0.15, 0.2) is 182 Å². The van der Waals surface area contributed by atoms with Gasteiger partial charge in [-0.2, -0.15) is 0 Å². The highest BCUT2D eigenvalue weighted by Gasteiger charge is 2.30. The Bertz CT molecular complexity index is 2840. The van der Waals surface area contributed by atoms with Gasteiger partial charge in [0, 0.05) is 22.4 Å². The minimum atomic E-state index is 0.199. The van der Waals surface area contributed by atoms with Gasteiger partial charge in [0.25, 0.3) is 0 Å². The zero-order chi connectivity index (χ0) is 33.5. The molecule has 9 aromatic rings. The Labute approximate surface area is 297 Å². The highest BCUT2D eigenvalue weighted by Crippen LogP contribution is 2.50. The van der Waals surface area contributed by atoms with Crippen molar-refractivity contribution in [1.82, 2.24) is 4.57 Å². The molecule has 2 aliphatic rings. The molecular formula is C50H33N. The highest BCUT2D eigenvalue weighted by molar-refractivity contribution is 6.10. The van der Waals surface area contributed by atoms with E-state index in [2.05, 4.69) is 187 Å². The van der Waals surface area contributed by atoms with Crippen LogP contribution in [0, 0.1) is 0 Å². The summed E-state index contributed by atoms with van der Waals surface area (Å²) in [5, 5.41) is 2.56. The summed E-state index contributed by atoms with van der Waals surface area (Å²) in [5.41, 5.74) is 21.0. The Morgan fingerprint density at radius 2 is 1.06 bits per heavy atom. The lowest BCUT2D eigenvalue weighted by Gasteiger charge is -2.16. The van der Waals surface area contributed by atoms with E-state index >= 15 is 0 Å². The number of aromatic nitrogens is 1. The number of para-hydroxylation sites is 1. The molecule has 1 nitrogen and oxygen atoms in total. The maximum atomic E-state index is 2.47. The topological polar surface area (TPSA) is 4.93 Å². The van der Waals surface area contributed by atoms with Crippen LogP contribution in [0.2, 0.25) is 0 Å². The molecular weight excluding hydrogens is 615 g/mol. The second-order valence-corrected chi connectivity index (χ2v) is 14.1. The fraction of sp³-hybridized carbons (Fsp3) is 0.0400.